The molecule has 1 rings (SSSR count). The van der Waals surface area contributed by atoms with Crippen molar-refractivity contribution in [2.24, 2.45) is 4.99 Å². The Balaban J connectivity index is 3.10. The lowest BCUT2D eigenvalue weighted by Gasteiger charge is -2.03. The number of hydrogen-bond donors (Lipinski definition) is 1. The maximum absolute atomic E-state index is 11.1. The zero-order valence-electron chi connectivity index (χ0n) is 7.81. The minimum Gasteiger partial charge on any atom is -0.369 e. The molecule has 6 nitrogen and oxygen atoms in total. The topological polar surface area (TPSA) is 76.5 Å². The molecule has 0 atom stereocenters. The van der Waals surface area contributed by atoms with Crippen LogP contribution in [0, 0.1) is 3.57 Å². The van der Waals surface area contributed by atoms with E-state index in [-0.39, 0.29) is 0 Å². The van der Waals surface area contributed by atoms with E-state index >= 15 is 0 Å². The molecule has 76 valence electrons. The minimum absolute atomic E-state index is 0.381. The van der Waals surface area contributed by atoms with E-state index in [1.165, 1.54) is 6.20 Å². The third-order valence-electron chi connectivity index (χ3n) is 1.30. The highest BCUT2D eigenvalue weighted by Gasteiger charge is 2.02. The summed E-state index contributed by atoms with van der Waals surface area (Å²) in [5.41, 5.74) is -0.517. The average molecular weight is 307 g/mol. The van der Waals surface area contributed by atoms with Crippen LogP contribution in [0.15, 0.2) is 16.0 Å². The summed E-state index contributed by atoms with van der Waals surface area (Å²) in [6.45, 7) is 0. The molecule has 1 aromatic heterocycles. The number of nitrogens with two attached hydrogens (primary N) is 1. The molecule has 2 N–H and O–H groups in total. The summed E-state index contributed by atoms with van der Waals surface area (Å²) in [7, 11) is 3.67. The lowest BCUT2D eigenvalue weighted by atomic mass is 10.6. The van der Waals surface area contributed by atoms with Gasteiger partial charge in [0.25, 0.3) is 0 Å². The van der Waals surface area contributed by atoms with Crippen LogP contribution in [-0.4, -0.2) is 35.0 Å². The number of hydrogen-bond acceptors (Lipinski definition) is 4. The molecule has 7 heteroatoms. The van der Waals surface area contributed by atoms with Crippen molar-refractivity contribution in [3.05, 3.63) is 20.3 Å². The van der Waals surface area contributed by atoms with Crippen LogP contribution in [-0.2, 0) is 0 Å². The first-order chi connectivity index (χ1) is 6.50. The van der Waals surface area contributed by atoms with Gasteiger partial charge in [0.2, 0.25) is 0 Å². The number of nitrogen functional groups attached to an aromatic ring is 1. The molecule has 0 aliphatic heterocycles. The van der Waals surface area contributed by atoms with E-state index < -0.39 is 5.69 Å². The Kier molecular flexibility index (Phi) is 3.44. The first kappa shape index (κ1) is 11.0. The monoisotopic (exact) mass is 307 g/mol. The summed E-state index contributed by atoms with van der Waals surface area (Å²) in [5, 5.41) is 0. The summed E-state index contributed by atoms with van der Waals surface area (Å²) in [5.74, 6) is 5.70. The number of rotatable bonds is 2. The van der Waals surface area contributed by atoms with Crippen molar-refractivity contribution in [3.63, 3.8) is 0 Å². The fraction of sp³-hybridized carbons (Fsp3) is 0.286. The van der Waals surface area contributed by atoms with Crippen molar-refractivity contribution in [1.82, 2.24) is 14.6 Å². The molecule has 0 aliphatic rings. The Morgan fingerprint density at radius 3 is 2.93 bits per heavy atom. The van der Waals surface area contributed by atoms with Crippen molar-refractivity contribution >= 4 is 34.7 Å². The molecule has 0 aliphatic carbocycles. The molecule has 0 aromatic carbocycles. The molecule has 0 fully saturated rings. The molecule has 0 saturated heterocycles. The summed E-state index contributed by atoms with van der Waals surface area (Å²) < 4.78 is 1.65. The minimum atomic E-state index is -0.517. The lowest BCUT2D eigenvalue weighted by molar-refractivity contribution is 0.642. The van der Waals surface area contributed by atoms with Crippen LogP contribution in [0.1, 0.15) is 0 Å². The van der Waals surface area contributed by atoms with E-state index in [9.17, 15) is 4.79 Å². The summed E-state index contributed by atoms with van der Waals surface area (Å²) >= 11 is 2.01. The summed E-state index contributed by atoms with van der Waals surface area (Å²) in [4.78, 5) is 20.5. The zero-order chi connectivity index (χ0) is 10.7. The Hall–Kier alpha value is -1.12. The van der Waals surface area contributed by atoms with Crippen LogP contribution >= 0.6 is 22.6 Å². The normalized spacial score (nSPS) is 10.8. The maximum Gasteiger partial charge on any atom is 0.367 e. The first-order valence-electron chi connectivity index (χ1n) is 3.75. The van der Waals surface area contributed by atoms with E-state index in [1.54, 1.807) is 11.2 Å². The number of halogens is 1. The van der Waals surface area contributed by atoms with E-state index in [0.29, 0.717) is 5.82 Å². The van der Waals surface area contributed by atoms with E-state index in [2.05, 4.69) is 9.98 Å². The molecule has 0 radical (unpaired) electrons. The van der Waals surface area contributed by atoms with Gasteiger partial charge >= 0.3 is 5.69 Å². The van der Waals surface area contributed by atoms with Gasteiger partial charge in [-0.2, -0.15) is 4.98 Å². The van der Waals surface area contributed by atoms with Crippen LogP contribution in [0.5, 0.6) is 0 Å². The van der Waals surface area contributed by atoms with Crippen molar-refractivity contribution in [2.75, 3.05) is 19.9 Å². The van der Waals surface area contributed by atoms with Gasteiger partial charge in [0, 0.05) is 20.3 Å². The fourth-order valence-corrected chi connectivity index (χ4v) is 1.26. The van der Waals surface area contributed by atoms with Gasteiger partial charge in [0.1, 0.15) is 0 Å². The summed E-state index contributed by atoms with van der Waals surface area (Å²) in [6.07, 6.45) is 3.06. The van der Waals surface area contributed by atoms with Gasteiger partial charge in [-0.1, -0.05) is 0 Å². The van der Waals surface area contributed by atoms with Gasteiger partial charge in [-0.25, -0.2) is 14.5 Å². The van der Waals surface area contributed by atoms with Crippen LogP contribution in [0.4, 0.5) is 5.82 Å². The SMILES string of the molecule is CN(C)/C=N/c1nc(=O)n(N)cc1I. The molecule has 14 heavy (non-hydrogen) atoms. The Bertz CT molecular complexity index is 411. The van der Waals surface area contributed by atoms with Gasteiger partial charge in [0.15, 0.2) is 5.82 Å². The molecular weight excluding hydrogens is 297 g/mol. The third kappa shape index (κ3) is 2.69. The van der Waals surface area contributed by atoms with Crippen LogP contribution in [0.2, 0.25) is 0 Å². The largest absolute Gasteiger partial charge is 0.369 e. The second kappa shape index (κ2) is 4.40. The van der Waals surface area contributed by atoms with Crippen LogP contribution in [0.3, 0.4) is 0 Å². The second-order valence-electron chi connectivity index (χ2n) is 2.81. The molecule has 0 saturated carbocycles. The highest BCUT2D eigenvalue weighted by Crippen LogP contribution is 2.14. The molecule has 0 unspecified atom stereocenters. The molecular formula is C7H10IN5O. The van der Waals surface area contributed by atoms with Crippen molar-refractivity contribution in [1.29, 1.82) is 0 Å². The first-order valence-corrected chi connectivity index (χ1v) is 4.83. The Morgan fingerprint density at radius 1 is 1.71 bits per heavy atom. The smallest absolute Gasteiger partial charge is 0.367 e. The maximum atomic E-state index is 11.1. The molecule has 1 aromatic rings. The predicted octanol–water partition coefficient (Wildman–Crippen LogP) is -0.217. The van der Waals surface area contributed by atoms with E-state index in [0.717, 1.165) is 8.25 Å². The Labute approximate surface area is 94.6 Å². The lowest BCUT2D eigenvalue weighted by Crippen LogP contribution is -2.29. The van der Waals surface area contributed by atoms with Gasteiger partial charge in [-0.15, -0.1) is 0 Å². The fourth-order valence-electron chi connectivity index (χ4n) is 0.697. The van der Waals surface area contributed by atoms with Gasteiger partial charge in [-0.3, -0.25) is 0 Å². The van der Waals surface area contributed by atoms with Gasteiger partial charge in [-0.05, 0) is 22.6 Å². The van der Waals surface area contributed by atoms with Gasteiger partial charge in [0.05, 0.1) is 9.91 Å². The van der Waals surface area contributed by atoms with Crippen molar-refractivity contribution in [3.8, 4) is 0 Å². The van der Waals surface area contributed by atoms with E-state index in [1.807, 2.05) is 36.7 Å². The Morgan fingerprint density at radius 2 is 2.36 bits per heavy atom. The quantitative estimate of drug-likeness (QED) is 0.355. The number of aromatic nitrogens is 2. The molecule has 0 bridgehead atoms. The molecule has 0 spiro atoms. The average Bonchev–Trinajstić information content (AvgIpc) is 2.09. The number of nitrogens with zero attached hydrogens (tertiary/aromatic N) is 4. The number of aliphatic imine (C=N–C) groups is 1. The zero-order valence-corrected chi connectivity index (χ0v) is 9.96. The summed E-state index contributed by atoms with van der Waals surface area (Å²) in [6, 6.07) is 0. The van der Waals surface area contributed by atoms with Crippen LogP contribution < -0.4 is 11.5 Å². The third-order valence-corrected chi connectivity index (χ3v) is 2.06. The van der Waals surface area contributed by atoms with Crippen molar-refractivity contribution < 1.29 is 0 Å². The molecule has 0 amide bonds. The highest BCUT2D eigenvalue weighted by atomic mass is 127. The molecule has 1 heterocycles. The standard InChI is InChI=1S/C7H10IN5O/c1-12(2)4-10-6-5(8)3-13(9)7(14)11-6/h3-4H,9H2,1-2H3/b10-4+. The van der Waals surface area contributed by atoms with E-state index in [4.69, 9.17) is 5.84 Å². The van der Waals surface area contributed by atoms with Gasteiger partial charge < -0.3 is 10.7 Å². The predicted molar refractivity (Wildman–Crippen MR) is 63.2 cm³/mol. The van der Waals surface area contributed by atoms with Crippen LogP contribution in [0.25, 0.3) is 0 Å². The highest BCUT2D eigenvalue weighted by molar-refractivity contribution is 14.1. The van der Waals surface area contributed by atoms with Crippen molar-refractivity contribution in [2.45, 2.75) is 0 Å². The second-order valence-corrected chi connectivity index (χ2v) is 3.97.